The molecule has 0 radical (unpaired) electrons. The molecule has 0 saturated carbocycles. The van der Waals surface area contributed by atoms with Crippen molar-refractivity contribution in [1.29, 1.82) is 0 Å². The van der Waals surface area contributed by atoms with E-state index in [1.54, 1.807) is 0 Å². The summed E-state index contributed by atoms with van der Waals surface area (Å²) in [7, 11) is 0. The van der Waals surface area contributed by atoms with Crippen molar-refractivity contribution in [3.63, 3.8) is 0 Å². The first-order valence-electron chi connectivity index (χ1n) is 3.55. The van der Waals surface area contributed by atoms with Crippen molar-refractivity contribution >= 4 is 0 Å². The van der Waals surface area contributed by atoms with Gasteiger partial charge in [-0.15, -0.1) is 0 Å². The first-order valence-corrected chi connectivity index (χ1v) is 3.55. The molecule has 0 spiro atoms. The highest BCUT2D eigenvalue weighted by Gasteiger charge is 2.27. The van der Waals surface area contributed by atoms with Crippen LogP contribution in [0.3, 0.4) is 0 Å². The molecule has 0 aromatic heterocycles. The maximum atomic E-state index is 5.84. The summed E-state index contributed by atoms with van der Waals surface area (Å²) in [6.45, 7) is 6.06. The second-order valence-corrected chi connectivity index (χ2v) is 3.12. The van der Waals surface area contributed by atoms with E-state index in [1.807, 2.05) is 0 Å². The number of ether oxygens (including phenoxy) is 1. The minimum atomic E-state index is 0.346. The van der Waals surface area contributed by atoms with Crippen molar-refractivity contribution in [2.75, 3.05) is 13.2 Å². The van der Waals surface area contributed by atoms with Gasteiger partial charge < -0.3 is 10.5 Å². The van der Waals surface area contributed by atoms with Gasteiger partial charge in [-0.05, 0) is 5.92 Å². The Balaban J connectivity index is 2.23. The van der Waals surface area contributed by atoms with E-state index in [-0.39, 0.29) is 0 Å². The summed E-state index contributed by atoms with van der Waals surface area (Å²) in [5, 5.41) is 0. The third-order valence-corrected chi connectivity index (χ3v) is 1.98. The van der Waals surface area contributed by atoms with E-state index in [0.29, 0.717) is 17.9 Å². The van der Waals surface area contributed by atoms with E-state index in [0.717, 1.165) is 13.2 Å². The van der Waals surface area contributed by atoms with Crippen molar-refractivity contribution in [2.45, 2.75) is 19.9 Å². The van der Waals surface area contributed by atoms with Crippen molar-refractivity contribution in [1.82, 2.24) is 0 Å². The van der Waals surface area contributed by atoms with E-state index >= 15 is 0 Å². The van der Waals surface area contributed by atoms with E-state index in [9.17, 15) is 0 Å². The van der Waals surface area contributed by atoms with Crippen LogP contribution >= 0.6 is 0 Å². The summed E-state index contributed by atoms with van der Waals surface area (Å²) in [5.41, 5.74) is 5.84. The first-order chi connectivity index (χ1) is 4.22. The molecule has 9 heavy (non-hydrogen) atoms. The second-order valence-electron chi connectivity index (χ2n) is 3.12. The van der Waals surface area contributed by atoms with Gasteiger partial charge >= 0.3 is 0 Å². The monoisotopic (exact) mass is 129 g/mol. The molecule has 1 aliphatic heterocycles. The molecule has 1 heterocycles. The van der Waals surface area contributed by atoms with Gasteiger partial charge in [-0.3, -0.25) is 0 Å². The molecule has 1 unspecified atom stereocenters. The third kappa shape index (κ3) is 1.43. The molecule has 0 aromatic carbocycles. The predicted molar refractivity (Wildman–Crippen MR) is 37.1 cm³/mol. The Hall–Kier alpha value is -0.0800. The molecule has 2 nitrogen and oxygen atoms in total. The van der Waals surface area contributed by atoms with Gasteiger partial charge in [0.15, 0.2) is 0 Å². The molecule has 2 N–H and O–H groups in total. The van der Waals surface area contributed by atoms with Crippen molar-refractivity contribution < 1.29 is 4.74 Å². The van der Waals surface area contributed by atoms with Crippen LogP contribution in [0.15, 0.2) is 0 Å². The molecule has 1 saturated heterocycles. The smallest absolute Gasteiger partial charge is 0.0531 e. The highest BCUT2D eigenvalue weighted by atomic mass is 16.5. The lowest BCUT2D eigenvalue weighted by molar-refractivity contribution is -0.0500. The maximum Gasteiger partial charge on any atom is 0.0531 e. The fourth-order valence-electron chi connectivity index (χ4n) is 1.02. The summed E-state index contributed by atoms with van der Waals surface area (Å²) in [5.74, 6) is 1.23. The molecule has 0 bridgehead atoms. The Kier molecular flexibility index (Phi) is 2.09. The summed E-state index contributed by atoms with van der Waals surface area (Å²) in [4.78, 5) is 0. The van der Waals surface area contributed by atoms with Gasteiger partial charge in [-0.2, -0.15) is 0 Å². The Morgan fingerprint density at radius 2 is 2.00 bits per heavy atom. The molecular formula is C7H15NO. The molecule has 1 aliphatic rings. The largest absolute Gasteiger partial charge is 0.381 e. The standard InChI is InChI=1S/C7H15NO/c1-5(2)7(8)6-3-9-4-6/h5-7H,3-4,8H2,1-2H3. The highest BCUT2D eigenvalue weighted by molar-refractivity contribution is 4.79. The van der Waals surface area contributed by atoms with Gasteiger partial charge in [0.2, 0.25) is 0 Å². The molecular weight excluding hydrogens is 114 g/mol. The fourth-order valence-corrected chi connectivity index (χ4v) is 1.02. The lowest BCUT2D eigenvalue weighted by Crippen LogP contribution is -2.45. The van der Waals surface area contributed by atoms with Crippen LogP contribution in [0.5, 0.6) is 0 Å². The van der Waals surface area contributed by atoms with Crippen LogP contribution in [0.2, 0.25) is 0 Å². The van der Waals surface area contributed by atoms with Crippen LogP contribution in [0, 0.1) is 11.8 Å². The second kappa shape index (κ2) is 2.67. The highest BCUT2D eigenvalue weighted by Crippen LogP contribution is 2.18. The van der Waals surface area contributed by atoms with Gasteiger partial charge in [0.1, 0.15) is 0 Å². The summed E-state index contributed by atoms with van der Waals surface area (Å²) >= 11 is 0. The fraction of sp³-hybridized carbons (Fsp3) is 1.00. The lowest BCUT2D eigenvalue weighted by atomic mass is 9.90. The Bertz CT molecular complexity index is 88.9. The maximum absolute atomic E-state index is 5.84. The Morgan fingerprint density at radius 1 is 1.44 bits per heavy atom. The first kappa shape index (κ1) is 7.03. The minimum Gasteiger partial charge on any atom is -0.381 e. The molecule has 1 atom stereocenters. The van der Waals surface area contributed by atoms with Crippen LogP contribution < -0.4 is 5.73 Å². The normalized spacial score (nSPS) is 24.0. The number of rotatable bonds is 2. The summed E-state index contributed by atoms with van der Waals surface area (Å²) in [6.07, 6.45) is 0. The van der Waals surface area contributed by atoms with Gasteiger partial charge in [0, 0.05) is 12.0 Å². The molecule has 2 heteroatoms. The van der Waals surface area contributed by atoms with Gasteiger partial charge in [0.25, 0.3) is 0 Å². The van der Waals surface area contributed by atoms with E-state index < -0.39 is 0 Å². The number of nitrogens with two attached hydrogens (primary N) is 1. The molecule has 0 amide bonds. The summed E-state index contributed by atoms with van der Waals surface area (Å²) in [6, 6.07) is 0.346. The lowest BCUT2D eigenvalue weighted by Gasteiger charge is -2.33. The topological polar surface area (TPSA) is 35.2 Å². The summed E-state index contributed by atoms with van der Waals surface area (Å²) < 4.78 is 5.03. The molecule has 1 rings (SSSR count). The average Bonchev–Trinajstić information content (AvgIpc) is 1.60. The number of hydrogen-bond donors (Lipinski definition) is 1. The average molecular weight is 129 g/mol. The zero-order valence-electron chi connectivity index (χ0n) is 6.13. The number of hydrogen-bond acceptors (Lipinski definition) is 2. The Morgan fingerprint density at radius 3 is 2.11 bits per heavy atom. The van der Waals surface area contributed by atoms with E-state index in [1.165, 1.54) is 0 Å². The van der Waals surface area contributed by atoms with Crippen LogP contribution in [0.25, 0.3) is 0 Å². The molecule has 54 valence electrons. The van der Waals surface area contributed by atoms with E-state index in [4.69, 9.17) is 10.5 Å². The van der Waals surface area contributed by atoms with Crippen molar-refractivity contribution in [3.05, 3.63) is 0 Å². The van der Waals surface area contributed by atoms with E-state index in [2.05, 4.69) is 13.8 Å². The van der Waals surface area contributed by atoms with Crippen LogP contribution in [0.1, 0.15) is 13.8 Å². The minimum absolute atomic E-state index is 0.346. The predicted octanol–water partition coefficient (Wildman–Crippen LogP) is 0.616. The van der Waals surface area contributed by atoms with Gasteiger partial charge in [0.05, 0.1) is 13.2 Å². The van der Waals surface area contributed by atoms with Gasteiger partial charge in [-0.1, -0.05) is 13.8 Å². The van der Waals surface area contributed by atoms with Crippen LogP contribution in [-0.2, 0) is 4.74 Å². The molecule has 1 fully saturated rings. The quantitative estimate of drug-likeness (QED) is 0.593. The van der Waals surface area contributed by atoms with Crippen LogP contribution in [-0.4, -0.2) is 19.3 Å². The third-order valence-electron chi connectivity index (χ3n) is 1.98. The molecule has 0 aromatic rings. The zero-order valence-corrected chi connectivity index (χ0v) is 6.13. The van der Waals surface area contributed by atoms with Gasteiger partial charge in [-0.25, -0.2) is 0 Å². The Labute approximate surface area is 56.4 Å². The molecule has 0 aliphatic carbocycles. The SMILES string of the molecule is CC(C)C(N)C1COC1. The van der Waals surface area contributed by atoms with Crippen molar-refractivity contribution in [3.8, 4) is 0 Å². The zero-order chi connectivity index (χ0) is 6.85. The van der Waals surface area contributed by atoms with Crippen LogP contribution in [0.4, 0.5) is 0 Å². The van der Waals surface area contributed by atoms with Crippen molar-refractivity contribution in [2.24, 2.45) is 17.6 Å².